The van der Waals surface area contributed by atoms with E-state index in [0.29, 0.717) is 27.2 Å². The minimum atomic E-state index is -0.390. The summed E-state index contributed by atoms with van der Waals surface area (Å²) >= 11 is 7.58. The number of hydrogen-bond acceptors (Lipinski definition) is 6. The largest absolute Gasteiger partial charge is 0.495 e. The zero-order valence-electron chi connectivity index (χ0n) is 14.1. The molecule has 0 aliphatic heterocycles. The van der Waals surface area contributed by atoms with Crippen molar-refractivity contribution in [3.8, 4) is 16.5 Å². The Labute approximate surface area is 163 Å². The smallest absolute Gasteiger partial charge is 0.276 e. The zero-order chi connectivity index (χ0) is 18.8. The Morgan fingerprint density at radius 3 is 2.74 bits per heavy atom. The number of fused-ring (bicyclic) bond motifs is 1. The van der Waals surface area contributed by atoms with Crippen LogP contribution in [0.4, 0.5) is 5.69 Å². The number of benzene rings is 2. The van der Waals surface area contributed by atoms with E-state index in [-0.39, 0.29) is 5.69 Å². The molecule has 0 fully saturated rings. The number of carbonyl (C=O) groups excluding carboxylic acids is 1. The van der Waals surface area contributed by atoms with Crippen molar-refractivity contribution >= 4 is 44.7 Å². The topological polar surface area (TPSA) is 77.0 Å². The Balaban J connectivity index is 1.68. The summed E-state index contributed by atoms with van der Waals surface area (Å²) in [4.78, 5) is 25.9. The van der Waals surface area contributed by atoms with Gasteiger partial charge in [0.05, 0.1) is 22.3 Å². The molecule has 0 unspecified atom stereocenters. The van der Waals surface area contributed by atoms with Crippen molar-refractivity contribution in [2.24, 2.45) is 0 Å². The number of ether oxygens (including phenoxy) is 1. The summed E-state index contributed by atoms with van der Waals surface area (Å²) in [6.45, 7) is 0. The molecule has 0 aliphatic rings. The fourth-order valence-corrected chi connectivity index (χ4v) is 3.79. The molecular weight excluding hydrogens is 384 g/mol. The number of thiazole rings is 1. The van der Waals surface area contributed by atoms with Gasteiger partial charge in [0.2, 0.25) is 0 Å². The van der Waals surface area contributed by atoms with Crippen LogP contribution in [0.5, 0.6) is 5.75 Å². The van der Waals surface area contributed by atoms with Crippen LogP contribution in [0.15, 0.2) is 54.9 Å². The fourth-order valence-electron chi connectivity index (χ4n) is 2.57. The summed E-state index contributed by atoms with van der Waals surface area (Å²) < 4.78 is 6.14. The Hall–Kier alpha value is -3.03. The number of rotatable bonds is 4. The van der Waals surface area contributed by atoms with Gasteiger partial charge in [0, 0.05) is 18.1 Å². The molecule has 0 bridgehead atoms. The molecule has 6 nitrogen and oxygen atoms in total. The minimum absolute atomic E-state index is 0.198. The third-order valence-corrected chi connectivity index (χ3v) is 5.16. The maximum Gasteiger partial charge on any atom is 0.276 e. The lowest BCUT2D eigenvalue weighted by Crippen LogP contribution is -2.15. The van der Waals surface area contributed by atoms with Crippen LogP contribution < -0.4 is 10.1 Å². The van der Waals surface area contributed by atoms with Crippen molar-refractivity contribution in [1.82, 2.24) is 15.0 Å². The quantitative estimate of drug-likeness (QED) is 0.542. The van der Waals surface area contributed by atoms with Crippen LogP contribution in [-0.2, 0) is 0 Å². The maximum absolute atomic E-state index is 12.8. The molecule has 0 spiro atoms. The van der Waals surface area contributed by atoms with Gasteiger partial charge in [0.25, 0.3) is 5.91 Å². The van der Waals surface area contributed by atoms with E-state index in [9.17, 15) is 4.79 Å². The number of aromatic nitrogens is 3. The first-order chi connectivity index (χ1) is 13.2. The van der Waals surface area contributed by atoms with Crippen LogP contribution in [-0.4, -0.2) is 28.0 Å². The first-order valence-corrected chi connectivity index (χ1v) is 9.17. The molecule has 0 radical (unpaired) electrons. The molecule has 2 aromatic carbocycles. The Kier molecular flexibility index (Phi) is 4.70. The van der Waals surface area contributed by atoms with Gasteiger partial charge in [0.15, 0.2) is 5.69 Å². The van der Waals surface area contributed by atoms with Crippen LogP contribution in [0.3, 0.4) is 0 Å². The van der Waals surface area contributed by atoms with E-state index in [1.165, 1.54) is 24.6 Å². The third-order valence-electron chi connectivity index (χ3n) is 3.82. The van der Waals surface area contributed by atoms with Gasteiger partial charge in [-0.15, -0.1) is 11.3 Å². The van der Waals surface area contributed by atoms with E-state index in [4.69, 9.17) is 16.3 Å². The van der Waals surface area contributed by atoms with Gasteiger partial charge in [-0.2, -0.15) is 0 Å². The number of para-hydroxylation sites is 1. The second-order valence-corrected chi connectivity index (χ2v) is 6.98. The van der Waals surface area contributed by atoms with E-state index < -0.39 is 5.91 Å². The summed E-state index contributed by atoms with van der Waals surface area (Å²) in [6.07, 6.45) is 3.02. The Morgan fingerprint density at radius 2 is 1.96 bits per heavy atom. The monoisotopic (exact) mass is 396 g/mol. The average molecular weight is 397 g/mol. The third kappa shape index (κ3) is 3.47. The highest BCUT2D eigenvalue weighted by Crippen LogP contribution is 2.31. The van der Waals surface area contributed by atoms with Crippen LogP contribution >= 0.6 is 22.9 Å². The predicted octanol–water partition coefficient (Wildman–Crippen LogP) is 4.67. The molecule has 1 amide bonds. The van der Waals surface area contributed by atoms with E-state index in [0.717, 1.165) is 10.2 Å². The minimum Gasteiger partial charge on any atom is -0.495 e. The second-order valence-electron chi connectivity index (χ2n) is 5.54. The highest BCUT2D eigenvalue weighted by molar-refractivity contribution is 7.21. The second kappa shape index (κ2) is 7.30. The number of carbonyl (C=O) groups is 1. The molecule has 0 atom stereocenters. The van der Waals surface area contributed by atoms with Gasteiger partial charge in [-0.1, -0.05) is 23.7 Å². The van der Waals surface area contributed by atoms with E-state index in [1.807, 2.05) is 24.3 Å². The average Bonchev–Trinajstić information content (AvgIpc) is 3.12. The highest BCUT2D eigenvalue weighted by atomic mass is 35.5. The van der Waals surface area contributed by atoms with Crippen LogP contribution in [0.1, 0.15) is 10.5 Å². The van der Waals surface area contributed by atoms with Crippen molar-refractivity contribution in [2.75, 3.05) is 12.4 Å². The molecule has 134 valence electrons. The molecule has 4 aromatic rings. The normalized spacial score (nSPS) is 10.7. The number of methoxy groups -OCH3 is 1. The van der Waals surface area contributed by atoms with E-state index in [1.54, 1.807) is 24.4 Å². The first kappa shape index (κ1) is 17.4. The Morgan fingerprint density at radius 1 is 1.15 bits per heavy atom. The van der Waals surface area contributed by atoms with Gasteiger partial charge < -0.3 is 10.1 Å². The number of anilines is 1. The van der Waals surface area contributed by atoms with Crippen molar-refractivity contribution in [3.05, 3.63) is 65.6 Å². The van der Waals surface area contributed by atoms with Crippen molar-refractivity contribution in [2.45, 2.75) is 0 Å². The number of hydrogen-bond donors (Lipinski definition) is 1. The number of amides is 1. The van der Waals surface area contributed by atoms with Gasteiger partial charge in [0.1, 0.15) is 16.5 Å². The van der Waals surface area contributed by atoms with Gasteiger partial charge in [-0.3, -0.25) is 4.79 Å². The van der Waals surface area contributed by atoms with E-state index >= 15 is 0 Å². The molecule has 2 aromatic heterocycles. The van der Waals surface area contributed by atoms with Gasteiger partial charge in [-0.05, 0) is 30.3 Å². The molecule has 27 heavy (non-hydrogen) atoms. The molecule has 0 saturated heterocycles. The summed E-state index contributed by atoms with van der Waals surface area (Å²) in [6, 6.07) is 12.8. The van der Waals surface area contributed by atoms with Crippen molar-refractivity contribution in [1.29, 1.82) is 0 Å². The molecule has 2 heterocycles. The SMILES string of the molecule is COc1ccc(NC(=O)c2nccnc2-c2nc3ccccc3s2)cc1Cl. The maximum atomic E-state index is 12.8. The van der Waals surface area contributed by atoms with Gasteiger partial charge >= 0.3 is 0 Å². The number of halogens is 1. The summed E-state index contributed by atoms with van der Waals surface area (Å²) in [5.41, 5.74) is 2.03. The van der Waals surface area contributed by atoms with Crippen LogP contribution in [0, 0.1) is 0 Å². The molecule has 4 rings (SSSR count). The lowest BCUT2D eigenvalue weighted by molar-refractivity contribution is 0.102. The molecule has 8 heteroatoms. The summed E-state index contributed by atoms with van der Waals surface area (Å²) in [7, 11) is 1.53. The molecule has 0 aliphatic carbocycles. The summed E-state index contributed by atoms with van der Waals surface area (Å²) in [5.74, 6) is 0.142. The molecular formula is C19H13ClN4O2S. The summed E-state index contributed by atoms with van der Waals surface area (Å²) in [5, 5.41) is 3.83. The fraction of sp³-hybridized carbons (Fsp3) is 0.0526. The first-order valence-electron chi connectivity index (χ1n) is 7.97. The predicted molar refractivity (Wildman–Crippen MR) is 107 cm³/mol. The lowest BCUT2D eigenvalue weighted by Gasteiger charge is -2.09. The van der Waals surface area contributed by atoms with E-state index in [2.05, 4.69) is 20.3 Å². The van der Waals surface area contributed by atoms with Gasteiger partial charge in [-0.25, -0.2) is 15.0 Å². The zero-order valence-corrected chi connectivity index (χ0v) is 15.7. The molecule has 0 saturated carbocycles. The molecule has 1 N–H and O–H groups in total. The highest BCUT2D eigenvalue weighted by Gasteiger charge is 2.19. The Bertz CT molecular complexity index is 1110. The number of nitrogens with zero attached hydrogens (tertiary/aromatic N) is 3. The standard InChI is InChI=1S/C19H13ClN4O2S/c1-26-14-7-6-11(10-12(14)20)23-18(25)16-17(22-9-8-21-16)19-24-13-4-2-3-5-15(13)27-19/h2-10H,1H3,(H,23,25). The van der Waals surface area contributed by atoms with Crippen LogP contribution in [0.25, 0.3) is 20.9 Å². The van der Waals surface area contributed by atoms with Crippen LogP contribution in [0.2, 0.25) is 5.02 Å². The van der Waals surface area contributed by atoms with Crippen molar-refractivity contribution < 1.29 is 9.53 Å². The number of nitrogens with one attached hydrogen (secondary N) is 1. The van der Waals surface area contributed by atoms with Crippen molar-refractivity contribution in [3.63, 3.8) is 0 Å². The lowest BCUT2D eigenvalue weighted by atomic mass is 10.2.